The molecule has 0 spiro atoms. The lowest BCUT2D eigenvalue weighted by molar-refractivity contribution is 0.260. The number of nitrogens with zero attached hydrogens (tertiary/aromatic N) is 2. The van der Waals surface area contributed by atoms with Crippen LogP contribution in [0.25, 0.3) is 0 Å². The van der Waals surface area contributed by atoms with Gasteiger partial charge >= 0.3 is 0 Å². The van der Waals surface area contributed by atoms with E-state index in [-0.39, 0.29) is 5.84 Å². The van der Waals surface area contributed by atoms with Crippen molar-refractivity contribution in [2.75, 3.05) is 6.54 Å². The van der Waals surface area contributed by atoms with E-state index >= 15 is 0 Å². The molecule has 0 radical (unpaired) electrons. The summed E-state index contributed by atoms with van der Waals surface area (Å²) >= 11 is 0. The molecule has 0 bridgehead atoms. The number of rotatable bonds is 3. The van der Waals surface area contributed by atoms with Gasteiger partial charge in [0.05, 0.1) is 0 Å². The first-order valence-electron chi connectivity index (χ1n) is 5.71. The summed E-state index contributed by atoms with van der Waals surface area (Å²) in [6, 6.07) is 4.54. The van der Waals surface area contributed by atoms with E-state index in [1.54, 1.807) is 6.20 Å². The second-order valence-electron chi connectivity index (χ2n) is 4.39. The van der Waals surface area contributed by atoms with Gasteiger partial charge in [0.2, 0.25) is 0 Å². The molecule has 1 aromatic rings. The molecule has 2 heterocycles. The number of nitrogens with one attached hydrogen (secondary N) is 1. The molecule has 1 atom stereocenters. The quantitative estimate of drug-likeness (QED) is 0.594. The molecule has 1 aromatic heterocycles. The van der Waals surface area contributed by atoms with Crippen molar-refractivity contribution in [2.45, 2.75) is 32.4 Å². The molecule has 3 N–H and O–H groups in total. The van der Waals surface area contributed by atoms with Crippen LogP contribution in [0.4, 0.5) is 0 Å². The summed E-state index contributed by atoms with van der Waals surface area (Å²) in [5.74, 6) is 0.0578. The molecule has 0 aromatic carbocycles. The van der Waals surface area contributed by atoms with Crippen LogP contribution in [0, 0.1) is 5.41 Å². The van der Waals surface area contributed by atoms with Gasteiger partial charge in [-0.05, 0) is 37.9 Å². The molecular formula is C12H18N4. The van der Waals surface area contributed by atoms with E-state index in [1.807, 2.05) is 12.1 Å². The average Bonchev–Trinajstić information content (AvgIpc) is 2.65. The maximum absolute atomic E-state index is 7.50. The number of hydrogen-bond acceptors (Lipinski definition) is 3. The van der Waals surface area contributed by atoms with Gasteiger partial charge in [0.1, 0.15) is 11.5 Å². The van der Waals surface area contributed by atoms with Gasteiger partial charge in [0.15, 0.2) is 0 Å². The highest BCUT2D eigenvalue weighted by molar-refractivity contribution is 5.94. The van der Waals surface area contributed by atoms with E-state index < -0.39 is 0 Å². The first-order chi connectivity index (χ1) is 7.68. The zero-order valence-electron chi connectivity index (χ0n) is 9.61. The van der Waals surface area contributed by atoms with E-state index in [1.165, 1.54) is 12.8 Å². The van der Waals surface area contributed by atoms with E-state index in [4.69, 9.17) is 11.1 Å². The summed E-state index contributed by atoms with van der Waals surface area (Å²) in [6.07, 6.45) is 4.21. The molecule has 1 fully saturated rings. The van der Waals surface area contributed by atoms with Crippen LogP contribution in [0.2, 0.25) is 0 Å². The van der Waals surface area contributed by atoms with E-state index in [0.29, 0.717) is 11.7 Å². The molecule has 1 unspecified atom stereocenters. The zero-order valence-corrected chi connectivity index (χ0v) is 9.61. The van der Waals surface area contributed by atoms with Crippen LogP contribution in [0.15, 0.2) is 18.3 Å². The fourth-order valence-corrected chi connectivity index (χ4v) is 2.26. The van der Waals surface area contributed by atoms with Gasteiger partial charge < -0.3 is 5.73 Å². The summed E-state index contributed by atoms with van der Waals surface area (Å²) in [7, 11) is 0. The number of aromatic nitrogens is 1. The molecule has 4 heteroatoms. The maximum Gasteiger partial charge on any atom is 0.142 e. The van der Waals surface area contributed by atoms with Crippen molar-refractivity contribution in [1.29, 1.82) is 5.41 Å². The van der Waals surface area contributed by atoms with Crippen LogP contribution in [-0.2, 0) is 6.54 Å². The molecule has 4 nitrogen and oxygen atoms in total. The zero-order chi connectivity index (χ0) is 11.5. The van der Waals surface area contributed by atoms with Crippen LogP contribution in [0.3, 0.4) is 0 Å². The number of hydrogen-bond donors (Lipinski definition) is 2. The number of nitrogens with two attached hydrogens (primary N) is 1. The summed E-state index contributed by atoms with van der Waals surface area (Å²) < 4.78 is 0. The third kappa shape index (κ3) is 2.22. The molecule has 0 saturated carbocycles. The largest absolute Gasteiger partial charge is 0.382 e. The number of pyridine rings is 1. The molecule has 2 rings (SSSR count). The minimum atomic E-state index is 0.0578. The van der Waals surface area contributed by atoms with Crippen LogP contribution in [0.1, 0.15) is 31.0 Å². The Bertz CT molecular complexity index is 388. The predicted octanol–water partition coefficient (Wildman–Crippen LogP) is 1.35. The highest BCUT2D eigenvalue weighted by Crippen LogP contribution is 2.20. The number of nitrogen functional groups attached to an aromatic ring is 1. The summed E-state index contributed by atoms with van der Waals surface area (Å²) in [4.78, 5) is 6.59. The Morgan fingerprint density at radius 3 is 3.12 bits per heavy atom. The summed E-state index contributed by atoms with van der Waals surface area (Å²) in [6.45, 7) is 4.23. The first kappa shape index (κ1) is 11.1. The smallest absolute Gasteiger partial charge is 0.142 e. The van der Waals surface area contributed by atoms with Crippen LogP contribution >= 0.6 is 0 Å². The van der Waals surface area contributed by atoms with Gasteiger partial charge in [-0.25, -0.2) is 0 Å². The Kier molecular flexibility index (Phi) is 3.19. The normalized spacial score (nSPS) is 21.2. The second kappa shape index (κ2) is 4.61. The van der Waals surface area contributed by atoms with Crippen molar-refractivity contribution in [3.05, 3.63) is 29.6 Å². The van der Waals surface area contributed by atoms with Crippen molar-refractivity contribution in [2.24, 2.45) is 5.73 Å². The molecule has 16 heavy (non-hydrogen) atoms. The van der Waals surface area contributed by atoms with E-state index in [0.717, 1.165) is 18.7 Å². The lowest BCUT2D eigenvalue weighted by atomic mass is 10.1. The average molecular weight is 218 g/mol. The Hall–Kier alpha value is -1.42. The number of likely N-dealkylation sites (tertiary alicyclic amines) is 1. The molecule has 1 aliphatic rings. The van der Waals surface area contributed by atoms with Gasteiger partial charge in [-0.1, -0.05) is 6.07 Å². The minimum Gasteiger partial charge on any atom is -0.382 e. The number of amidine groups is 1. The Morgan fingerprint density at radius 2 is 2.50 bits per heavy atom. The molecule has 1 aliphatic heterocycles. The van der Waals surface area contributed by atoms with E-state index in [9.17, 15) is 0 Å². The van der Waals surface area contributed by atoms with Crippen molar-refractivity contribution < 1.29 is 0 Å². The SMILES string of the molecule is CC1CCCN1Cc1cccnc1C(=N)N. The fraction of sp³-hybridized carbons (Fsp3) is 0.500. The summed E-state index contributed by atoms with van der Waals surface area (Å²) in [5.41, 5.74) is 7.21. The van der Waals surface area contributed by atoms with Crippen molar-refractivity contribution in [1.82, 2.24) is 9.88 Å². The minimum absolute atomic E-state index is 0.0578. The van der Waals surface area contributed by atoms with Crippen molar-refractivity contribution >= 4 is 5.84 Å². The molecule has 1 saturated heterocycles. The van der Waals surface area contributed by atoms with Gasteiger partial charge in [0, 0.05) is 18.8 Å². The topological polar surface area (TPSA) is 66.0 Å². The standard InChI is InChI=1S/C12H18N4/c1-9-4-3-7-16(9)8-10-5-2-6-15-11(10)12(13)14/h2,5-6,9H,3-4,7-8H2,1H3,(H3,13,14). The van der Waals surface area contributed by atoms with Crippen LogP contribution < -0.4 is 5.73 Å². The van der Waals surface area contributed by atoms with Gasteiger partial charge in [-0.3, -0.25) is 15.3 Å². The van der Waals surface area contributed by atoms with Crippen molar-refractivity contribution in [3.63, 3.8) is 0 Å². The lowest BCUT2D eigenvalue weighted by Crippen LogP contribution is -2.28. The highest BCUT2D eigenvalue weighted by atomic mass is 15.2. The van der Waals surface area contributed by atoms with Gasteiger partial charge in [0.25, 0.3) is 0 Å². The monoisotopic (exact) mass is 218 g/mol. The van der Waals surface area contributed by atoms with Crippen LogP contribution in [0.5, 0.6) is 0 Å². The molecule has 86 valence electrons. The highest BCUT2D eigenvalue weighted by Gasteiger charge is 2.21. The third-order valence-corrected chi connectivity index (χ3v) is 3.21. The molecule has 0 aliphatic carbocycles. The fourth-order valence-electron chi connectivity index (χ4n) is 2.26. The molecular weight excluding hydrogens is 200 g/mol. The van der Waals surface area contributed by atoms with Crippen molar-refractivity contribution in [3.8, 4) is 0 Å². The van der Waals surface area contributed by atoms with E-state index in [2.05, 4.69) is 16.8 Å². The summed E-state index contributed by atoms with van der Waals surface area (Å²) in [5, 5.41) is 7.50. The van der Waals surface area contributed by atoms with Gasteiger partial charge in [-0.15, -0.1) is 0 Å². The maximum atomic E-state index is 7.50. The first-order valence-corrected chi connectivity index (χ1v) is 5.71. The lowest BCUT2D eigenvalue weighted by Gasteiger charge is -2.21. The Morgan fingerprint density at radius 1 is 1.69 bits per heavy atom. The predicted molar refractivity (Wildman–Crippen MR) is 64.4 cm³/mol. The molecule has 0 amide bonds. The Labute approximate surface area is 96.0 Å². The third-order valence-electron chi connectivity index (χ3n) is 3.21. The van der Waals surface area contributed by atoms with Gasteiger partial charge in [-0.2, -0.15) is 0 Å². The Balaban J connectivity index is 2.17. The second-order valence-corrected chi connectivity index (χ2v) is 4.39. The van der Waals surface area contributed by atoms with Crippen LogP contribution in [-0.4, -0.2) is 28.3 Å².